The number of hydrogen-bond acceptors (Lipinski definition) is 2. The molecule has 0 radical (unpaired) electrons. The van der Waals surface area contributed by atoms with E-state index in [-0.39, 0.29) is 11.2 Å². The molecular weight excluding hydrogens is 180 g/mol. The molecule has 0 fully saturated rings. The molecule has 14 heavy (non-hydrogen) atoms. The molecule has 1 N–H and O–H groups in total. The molecule has 1 aromatic rings. The summed E-state index contributed by atoms with van der Waals surface area (Å²) in [6.45, 7) is 5.06. The normalized spacial score (nSPS) is 19.0. The first kappa shape index (κ1) is 9.24. The first-order valence-corrected chi connectivity index (χ1v) is 4.77. The van der Waals surface area contributed by atoms with Crippen LogP contribution in [-0.2, 0) is 13.0 Å². The van der Waals surface area contributed by atoms with Crippen LogP contribution in [0.15, 0.2) is 6.20 Å². The van der Waals surface area contributed by atoms with Gasteiger partial charge in [0.15, 0.2) is 0 Å². The quantitative estimate of drug-likeness (QED) is 0.738. The summed E-state index contributed by atoms with van der Waals surface area (Å²) in [7, 11) is 0. The second-order valence-electron chi connectivity index (χ2n) is 4.63. The number of rotatable bonds is 1. The number of carboxylic acids is 1. The second-order valence-corrected chi connectivity index (χ2v) is 4.63. The lowest BCUT2D eigenvalue weighted by Gasteiger charge is -2.31. The fraction of sp³-hybridized carbons (Fsp3) is 0.600. The molecule has 76 valence electrons. The first-order valence-electron chi connectivity index (χ1n) is 4.77. The summed E-state index contributed by atoms with van der Waals surface area (Å²) in [6, 6.07) is 0. The Morgan fingerprint density at radius 1 is 1.64 bits per heavy atom. The van der Waals surface area contributed by atoms with Gasteiger partial charge in [0, 0.05) is 18.4 Å². The van der Waals surface area contributed by atoms with Crippen molar-refractivity contribution in [3.05, 3.63) is 17.7 Å². The summed E-state index contributed by atoms with van der Waals surface area (Å²) >= 11 is 0. The molecule has 0 bridgehead atoms. The van der Waals surface area contributed by atoms with Crippen LogP contribution in [0.25, 0.3) is 0 Å². The summed E-state index contributed by atoms with van der Waals surface area (Å²) in [5.74, 6) is -0.762. The van der Waals surface area contributed by atoms with Gasteiger partial charge < -0.3 is 9.67 Å². The number of carbonyl (C=O) groups is 1. The maximum atomic E-state index is 10.9. The number of aromatic nitrogens is 2. The van der Waals surface area contributed by atoms with E-state index in [2.05, 4.69) is 18.8 Å². The fourth-order valence-electron chi connectivity index (χ4n) is 1.93. The molecule has 0 saturated heterocycles. The Morgan fingerprint density at radius 2 is 2.36 bits per heavy atom. The maximum absolute atomic E-state index is 10.9. The highest BCUT2D eigenvalue weighted by molar-refractivity contribution is 5.83. The molecule has 1 aromatic heterocycles. The van der Waals surface area contributed by atoms with E-state index in [1.54, 1.807) is 6.20 Å². The van der Waals surface area contributed by atoms with Crippen molar-refractivity contribution in [2.75, 3.05) is 0 Å². The Labute approximate surface area is 82.6 Å². The van der Waals surface area contributed by atoms with Gasteiger partial charge in [-0.15, -0.1) is 0 Å². The van der Waals surface area contributed by atoms with Crippen molar-refractivity contribution in [2.45, 2.75) is 33.2 Å². The summed E-state index contributed by atoms with van der Waals surface area (Å²) < 4.78 is 1.83. The van der Waals surface area contributed by atoms with Gasteiger partial charge in [0.1, 0.15) is 0 Å². The fourth-order valence-corrected chi connectivity index (χ4v) is 1.93. The smallest absolute Gasteiger partial charge is 0.372 e. The molecule has 4 heteroatoms. The van der Waals surface area contributed by atoms with E-state index < -0.39 is 5.97 Å². The number of fused-ring (bicyclic) bond motifs is 1. The molecule has 0 atom stereocenters. The highest BCUT2D eigenvalue weighted by Gasteiger charge is 2.28. The van der Waals surface area contributed by atoms with Gasteiger partial charge in [-0.05, 0) is 18.3 Å². The molecule has 0 aliphatic carbocycles. The summed E-state index contributed by atoms with van der Waals surface area (Å²) in [5.41, 5.74) is 1.22. The third kappa shape index (κ3) is 1.41. The van der Waals surface area contributed by atoms with E-state index in [0.29, 0.717) is 0 Å². The average molecular weight is 194 g/mol. The Morgan fingerprint density at radius 3 is 3.00 bits per heavy atom. The van der Waals surface area contributed by atoms with Gasteiger partial charge in [-0.3, -0.25) is 0 Å². The van der Waals surface area contributed by atoms with Crippen molar-refractivity contribution in [3.8, 4) is 0 Å². The van der Waals surface area contributed by atoms with Crippen LogP contribution in [0.4, 0.5) is 0 Å². The zero-order chi connectivity index (χ0) is 10.3. The number of nitrogens with zero attached hydrogens (tertiary/aromatic N) is 2. The van der Waals surface area contributed by atoms with Crippen molar-refractivity contribution >= 4 is 5.97 Å². The van der Waals surface area contributed by atoms with Crippen LogP contribution in [0.5, 0.6) is 0 Å². The molecular formula is C10H14N2O2. The SMILES string of the molecule is CC1(C)CCc2cnc(C(=O)O)n2C1. The van der Waals surface area contributed by atoms with Crippen LogP contribution in [0.2, 0.25) is 0 Å². The van der Waals surface area contributed by atoms with E-state index in [4.69, 9.17) is 5.11 Å². The molecule has 2 heterocycles. The lowest BCUT2D eigenvalue weighted by atomic mass is 9.84. The standard InChI is InChI=1S/C10H14N2O2/c1-10(2)4-3-7-5-11-8(9(13)14)12(7)6-10/h5H,3-4,6H2,1-2H3,(H,13,14). The Bertz CT molecular complexity index is 379. The van der Waals surface area contributed by atoms with Crippen LogP contribution in [0.3, 0.4) is 0 Å². The summed E-state index contributed by atoms with van der Waals surface area (Å²) in [6.07, 6.45) is 3.70. The number of aromatic carboxylic acids is 1. The lowest BCUT2D eigenvalue weighted by molar-refractivity contribution is 0.0672. The van der Waals surface area contributed by atoms with Crippen LogP contribution >= 0.6 is 0 Å². The van der Waals surface area contributed by atoms with Crippen molar-refractivity contribution in [1.29, 1.82) is 0 Å². The van der Waals surface area contributed by atoms with E-state index >= 15 is 0 Å². The van der Waals surface area contributed by atoms with Gasteiger partial charge in [-0.1, -0.05) is 13.8 Å². The van der Waals surface area contributed by atoms with Crippen LogP contribution < -0.4 is 0 Å². The molecule has 4 nitrogen and oxygen atoms in total. The lowest BCUT2D eigenvalue weighted by Crippen LogP contribution is -2.29. The van der Waals surface area contributed by atoms with Crippen molar-refractivity contribution in [3.63, 3.8) is 0 Å². The Balaban J connectivity index is 2.42. The number of hydrogen-bond donors (Lipinski definition) is 1. The zero-order valence-corrected chi connectivity index (χ0v) is 8.45. The number of carboxylic acid groups (broad SMARTS) is 1. The van der Waals surface area contributed by atoms with Crippen molar-refractivity contribution < 1.29 is 9.90 Å². The van der Waals surface area contributed by atoms with Gasteiger partial charge in [0.2, 0.25) is 5.82 Å². The topological polar surface area (TPSA) is 55.1 Å². The highest BCUT2D eigenvalue weighted by Crippen LogP contribution is 2.31. The van der Waals surface area contributed by atoms with E-state index in [9.17, 15) is 4.79 Å². The average Bonchev–Trinajstić information content (AvgIpc) is 2.44. The Kier molecular flexibility index (Phi) is 1.87. The molecule has 0 unspecified atom stereocenters. The van der Waals surface area contributed by atoms with Gasteiger partial charge in [0.05, 0.1) is 0 Å². The summed E-state index contributed by atoms with van der Waals surface area (Å²) in [5, 5.41) is 8.92. The van der Waals surface area contributed by atoms with E-state index in [1.807, 2.05) is 4.57 Å². The van der Waals surface area contributed by atoms with E-state index in [1.165, 1.54) is 0 Å². The van der Waals surface area contributed by atoms with Gasteiger partial charge in [0.25, 0.3) is 0 Å². The molecule has 1 aliphatic heterocycles. The van der Waals surface area contributed by atoms with Gasteiger partial charge in [-0.25, -0.2) is 9.78 Å². The van der Waals surface area contributed by atoms with Crippen LogP contribution in [-0.4, -0.2) is 20.6 Å². The highest BCUT2D eigenvalue weighted by atomic mass is 16.4. The number of imidazole rings is 1. The third-order valence-corrected chi connectivity index (χ3v) is 2.77. The molecule has 1 aliphatic rings. The third-order valence-electron chi connectivity index (χ3n) is 2.77. The minimum Gasteiger partial charge on any atom is -0.475 e. The molecule has 2 rings (SSSR count). The van der Waals surface area contributed by atoms with Crippen LogP contribution in [0.1, 0.15) is 36.6 Å². The Hall–Kier alpha value is -1.32. The monoisotopic (exact) mass is 194 g/mol. The van der Waals surface area contributed by atoms with E-state index in [0.717, 1.165) is 25.1 Å². The predicted octanol–water partition coefficient (Wildman–Crippen LogP) is 1.55. The van der Waals surface area contributed by atoms with Gasteiger partial charge in [-0.2, -0.15) is 0 Å². The maximum Gasteiger partial charge on any atom is 0.372 e. The molecule has 0 saturated carbocycles. The second kappa shape index (κ2) is 2.83. The van der Waals surface area contributed by atoms with Gasteiger partial charge >= 0.3 is 5.97 Å². The van der Waals surface area contributed by atoms with Crippen LogP contribution in [0, 0.1) is 5.41 Å². The largest absolute Gasteiger partial charge is 0.475 e. The predicted molar refractivity (Wildman–Crippen MR) is 51.3 cm³/mol. The zero-order valence-electron chi connectivity index (χ0n) is 8.45. The van der Waals surface area contributed by atoms with Crippen molar-refractivity contribution in [1.82, 2.24) is 9.55 Å². The number of aryl methyl sites for hydroxylation is 1. The minimum absolute atomic E-state index is 0.174. The summed E-state index contributed by atoms with van der Waals surface area (Å²) in [4.78, 5) is 14.8. The molecule has 0 amide bonds. The van der Waals surface area contributed by atoms with Crippen molar-refractivity contribution in [2.24, 2.45) is 5.41 Å². The molecule has 0 aromatic carbocycles. The molecule has 0 spiro atoms. The minimum atomic E-state index is -0.936. The first-order chi connectivity index (χ1) is 6.49.